The number of nitrogens with two attached hydrogens (primary N) is 1. The normalized spacial score (nSPS) is 12.7. The van der Waals surface area contributed by atoms with Crippen molar-refractivity contribution < 1.29 is 4.39 Å². The van der Waals surface area contributed by atoms with E-state index in [-0.39, 0.29) is 11.9 Å². The summed E-state index contributed by atoms with van der Waals surface area (Å²) in [7, 11) is 0. The molecule has 114 valence electrons. The van der Waals surface area contributed by atoms with Gasteiger partial charge in [-0.15, -0.1) is 0 Å². The Kier molecular flexibility index (Phi) is 5.57. The molecule has 0 aliphatic carbocycles. The molecule has 0 bridgehead atoms. The third-order valence-corrected chi connectivity index (χ3v) is 5.04. The summed E-state index contributed by atoms with van der Waals surface area (Å²) in [6.07, 6.45) is 1.48. The Labute approximate surface area is 141 Å². The molecule has 0 aliphatic heterocycles. The van der Waals surface area contributed by atoms with Gasteiger partial charge in [0.15, 0.2) is 0 Å². The number of hydrogen-bond acceptors (Lipinski definition) is 2. The Morgan fingerprint density at radius 1 is 1.33 bits per heavy atom. The molecule has 6 heteroatoms. The van der Waals surface area contributed by atoms with Crippen LogP contribution in [0.25, 0.3) is 0 Å². The first kappa shape index (κ1) is 16.6. The number of hydrogen-bond donors (Lipinski definition) is 1. The number of rotatable bonds is 5. The highest BCUT2D eigenvalue weighted by atomic mass is 79.9. The number of aryl methyl sites for hydroxylation is 2. The average molecular weight is 419 g/mol. The molecule has 0 radical (unpaired) electrons. The molecule has 2 rings (SSSR count). The van der Waals surface area contributed by atoms with E-state index in [2.05, 4.69) is 43.9 Å². The minimum absolute atomic E-state index is 0.268. The van der Waals surface area contributed by atoms with Crippen LogP contribution in [-0.2, 0) is 19.4 Å². The van der Waals surface area contributed by atoms with E-state index in [0.717, 1.165) is 34.4 Å². The summed E-state index contributed by atoms with van der Waals surface area (Å²) in [5, 5.41) is 4.56. The van der Waals surface area contributed by atoms with E-state index in [9.17, 15) is 4.39 Å². The van der Waals surface area contributed by atoms with Crippen molar-refractivity contribution in [3.63, 3.8) is 0 Å². The molecule has 1 aromatic heterocycles. The predicted octanol–water partition coefficient (Wildman–Crippen LogP) is 4.37. The van der Waals surface area contributed by atoms with Gasteiger partial charge in [-0.1, -0.05) is 13.0 Å². The van der Waals surface area contributed by atoms with Gasteiger partial charge in [0.1, 0.15) is 5.82 Å². The summed E-state index contributed by atoms with van der Waals surface area (Å²) in [5.74, 6) is -0.291. The van der Waals surface area contributed by atoms with Crippen LogP contribution in [-0.4, -0.2) is 9.78 Å². The van der Waals surface area contributed by atoms with Crippen molar-refractivity contribution >= 4 is 31.9 Å². The summed E-state index contributed by atoms with van der Waals surface area (Å²) < 4.78 is 17.1. The molecule has 21 heavy (non-hydrogen) atoms. The predicted molar refractivity (Wildman–Crippen MR) is 89.7 cm³/mol. The average Bonchev–Trinajstić information content (AvgIpc) is 2.78. The molecule has 0 spiro atoms. The molecule has 2 N–H and O–H groups in total. The molecule has 0 aliphatic rings. The van der Waals surface area contributed by atoms with E-state index < -0.39 is 0 Å². The van der Waals surface area contributed by atoms with Crippen molar-refractivity contribution in [2.75, 3.05) is 0 Å². The molecule has 0 amide bonds. The monoisotopic (exact) mass is 417 g/mol. The Morgan fingerprint density at radius 2 is 2.05 bits per heavy atom. The topological polar surface area (TPSA) is 43.8 Å². The van der Waals surface area contributed by atoms with E-state index in [0.29, 0.717) is 10.9 Å². The van der Waals surface area contributed by atoms with E-state index in [1.807, 2.05) is 17.7 Å². The first-order chi connectivity index (χ1) is 9.97. The lowest BCUT2D eigenvalue weighted by Gasteiger charge is -2.14. The van der Waals surface area contributed by atoms with Crippen LogP contribution in [0.4, 0.5) is 4.39 Å². The maximum Gasteiger partial charge on any atom is 0.137 e. The van der Waals surface area contributed by atoms with Gasteiger partial charge >= 0.3 is 0 Å². The minimum atomic E-state index is -0.291. The Morgan fingerprint density at radius 3 is 2.62 bits per heavy atom. The molecule has 3 nitrogen and oxygen atoms in total. The van der Waals surface area contributed by atoms with Gasteiger partial charge in [0.05, 0.1) is 20.3 Å². The van der Waals surface area contributed by atoms with Crippen LogP contribution in [0.5, 0.6) is 0 Å². The maximum atomic E-state index is 13.6. The first-order valence-corrected chi connectivity index (χ1v) is 8.51. The van der Waals surface area contributed by atoms with Crippen LogP contribution < -0.4 is 5.73 Å². The van der Waals surface area contributed by atoms with Gasteiger partial charge in [-0.25, -0.2) is 4.39 Å². The van der Waals surface area contributed by atoms with Crippen LogP contribution in [0.2, 0.25) is 0 Å². The molecule has 1 heterocycles. The van der Waals surface area contributed by atoms with Gasteiger partial charge in [-0.2, -0.15) is 5.10 Å². The fourth-order valence-electron chi connectivity index (χ4n) is 2.28. The van der Waals surface area contributed by atoms with Gasteiger partial charge in [0.2, 0.25) is 0 Å². The fraction of sp³-hybridized carbons (Fsp3) is 0.400. The highest BCUT2D eigenvalue weighted by molar-refractivity contribution is 9.10. The Balaban J connectivity index is 2.28. The molecule has 1 atom stereocenters. The quantitative estimate of drug-likeness (QED) is 0.783. The van der Waals surface area contributed by atoms with Crippen molar-refractivity contribution in [3.8, 4) is 0 Å². The minimum Gasteiger partial charge on any atom is -0.324 e. The smallest absolute Gasteiger partial charge is 0.137 e. The molecular weight excluding hydrogens is 401 g/mol. The van der Waals surface area contributed by atoms with Gasteiger partial charge in [-0.3, -0.25) is 4.68 Å². The number of aromatic nitrogens is 2. The lowest BCUT2D eigenvalue weighted by Crippen LogP contribution is -2.16. The second-order valence-corrected chi connectivity index (χ2v) is 6.51. The molecule has 0 fully saturated rings. The van der Waals surface area contributed by atoms with Crippen LogP contribution in [0.3, 0.4) is 0 Å². The van der Waals surface area contributed by atoms with Crippen molar-refractivity contribution in [3.05, 3.63) is 49.9 Å². The number of nitrogens with zero attached hydrogens (tertiary/aromatic N) is 2. The van der Waals surface area contributed by atoms with Crippen molar-refractivity contribution in [2.24, 2.45) is 5.73 Å². The van der Waals surface area contributed by atoms with Crippen LogP contribution >= 0.6 is 31.9 Å². The molecule has 2 aromatic rings. The highest BCUT2D eigenvalue weighted by Crippen LogP contribution is 2.27. The van der Waals surface area contributed by atoms with E-state index in [1.54, 1.807) is 6.07 Å². The lowest BCUT2D eigenvalue weighted by atomic mass is 10.0. The SMILES string of the molecule is CCc1nn(CC)c(CC(N)c2ccc(Br)c(F)c2)c1Br. The zero-order valence-electron chi connectivity index (χ0n) is 12.0. The summed E-state index contributed by atoms with van der Waals surface area (Å²) in [6.45, 7) is 4.91. The highest BCUT2D eigenvalue weighted by Gasteiger charge is 2.18. The lowest BCUT2D eigenvalue weighted by molar-refractivity contribution is 0.579. The molecule has 1 unspecified atom stereocenters. The van der Waals surface area contributed by atoms with Crippen molar-refractivity contribution in [2.45, 2.75) is 39.3 Å². The maximum absolute atomic E-state index is 13.6. The summed E-state index contributed by atoms with van der Waals surface area (Å²) >= 11 is 6.76. The van der Waals surface area contributed by atoms with Crippen LogP contribution in [0.1, 0.15) is 36.8 Å². The second kappa shape index (κ2) is 7.03. The van der Waals surface area contributed by atoms with E-state index >= 15 is 0 Å². The second-order valence-electron chi connectivity index (χ2n) is 4.86. The van der Waals surface area contributed by atoms with Crippen LogP contribution in [0.15, 0.2) is 27.1 Å². The Bertz CT molecular complexity index is 640. The van der Waals surface area contributed by atoms with Gasteiger partial charge in [0, 0.05) is 19.0 Å². The number of benzene rings is 1. The number of halogens is 3. The zero-order chi connectivity index (χ0) is 15.6. The van der Waals surface area contributed by atoms with E-state index in [1.165, 1.54) is 6.07 Å². The zero-order valence-corrected chi connectivity index (χ0v) is 15.2. The summed E-state index contributed by atoms with van der Waals surface area (Å²) in [5.41, 5.74) is 9.12. The van der Waals surface area contributed by atoms with Gasteiger partial charge in [-0.05, 0) is 62.9 Å². The largest absolute Gasteiger partial charge is 0.324 e. The fourth-order valence-corrected chi connectivity index (χ4v) is 3.25. The molecular formula is C15H18Br2FN3. The summed E-state index contributed by atoms with van der Waals surface area (Å²) in [6, 6.07) is 4.75. The van der Waals surface area contributed by atoms with Crippen molar-refractivity contribution in [1.82, 2.24) is 9.78 Å². The van der Waals surface area contributed by atoms with Gasteiger partial charge < -0.3 is 5.73 Å². The molecule has 1 aromatic carbocycles. The molecule has 0 saturated carbocycles. The van der Waals surface area contributed by atoms with Crippen molar-refractivity contribution in [1.29, 1.82) is 0 Å². The molecule has 0 saturated heterocycles. The standard InChI is InChI=1S/C15H18Br2FN3/c1-3-13-15(17)14(21(4-2)20-13)8-12(19)9-5-6-10(16)11(18)7-9/h5-7,12H,3-4,8,19H2,1-2H3. The third kappa shape index (κ3) is 3.55. The Hall–Kier alpha value is -0.720. The third-order valence-electron chi connectivity index (χ3n) is 3.48. The summed E-state index contributed by atoms with van der Waals surface area (Å²) in [4.78, 5) is 0. The van der Waals surface area contributed by atoms with Crippen LogP contribution in [0, 0.1) is 5.82 Å². The first-order valence-electron chi connectivity index (χ1n) is 6.92. The van der Waals surface area contributed by atoms with Gasteiger partial charge in [0.25, 0.3) is 0 Å². The van der Waals surface area contributed by atoms with E-state index in [4.69, 9.17) is 5.73 Å².